The highest BCUT2D eigenvalue weighted by Gasteiger charge is 2.34. The Morgan fingerprint density at radius 2 is 1.85 bits per heavy atom. The van der Waals surface area contributed by atoms with Crippen LogP contribution in [0.4, 0.5) is 4.39 Å². The summed E-state index contributed by atoms with van der Waals surface area (Å²) in [6, 6.07) is 10.9. The van der Waals surface area contributed by atoms with Crippen LogP contribution in [0.5, 0.6) is 0 Å². The van der Waals surface area contributed by atoms with E-state index in [0.29, 0.717) is 0 Å². The van der Waals surface area contributed by atoms with Crippen molar-refractivity contribution in [3.63, 3.8) is 0 Å². The number of guanidine groups is 1. The Kier molecular flexibility index (Phi) is 6.28. The van der Waals surface area contributed by atoms with Crippen LogP contribution in [0.2, 0.25) is 0 Å². The van der Waals surface area contributed by atoms with Crippen molar-refractivity contribution in [1.82, 2.24) is 15.2 Å². The molecule has 0 unspecified atom stereocenters. The van der Waals surface area contributed by atoms with Gasteiger partial charge in [0.15, 0.2) is 5.96 Å². The lowest BCUT2D eigenvalue weighted by Gasteiger charge is -2.38. The Balaban J connectivity index is 1.60. The molecule has 1 saturated heterocycles. The summed E-state index contributed by atoms with van der Waals surface area (Å²) in [5, 5.41) is 6.81. The smallest absolute Gasteiger partial charge is 0.191 e. The molecule has 140 valence electrons. The highest BCUT2D eigenvalue weighted by atomic mass is 19.1. The zero-order chi connectivity index (χ0) is 18.2. The van der Waals surface area contributed by atoms with E-state index >= 15 is 0 Å². The van der Waals surface area contributed by atoms with Gasteiger partial charge < -0.3 is 19.9 Å². The first-order valence-corrected chi connectivity index (χ1v) is 9.11. The fourth-order valence-corrected chi connectivity index (χ4v) is 3.43. The van der Waals surface area contributed by atoms with E-state index in [-0.39, 0.29) is 11.2 Å². The standard InChI is InChI=1S/C20H27FN4O/c1-22-19(23-10-13-25-11-2-3-12-25)24-16-20(8-14-26-15-9-20)17-4-6-18(21)7-5-17/h2-7,11-12H,8-10,13-16H2,1H3,(H2,22,23,24). The first-order valence-electron chi connectivity index (χ1n) is 9.11. The van der Waals surface area contributed by atoms with E-state index in [1.807, 2.05) is 36.7 Å². The van der Waals surface area contributed by atoms with E-state index in [0.717, 1.165) is 57.2 Å². The van der Waals surface area contributed by atoms with Gasteiger partial charge in [-0.05, 0) is 42.7 Å². The second kappa shape index (κ2) is 8.85. The van der Waals surface area contributed by atoms with Crippen molar-refractivity contribution in [3.8, 4) is 0 Å². The van der Waals surface area contributed by atoms with Gasteiger partial charge in [-0.15, -0.1) is 0 Å². The molecule has 0 atom stereocenters. The summed E-state index contributed by atoms with van der Waals surface area (Å²) in [5.74, 6) is 0.580. The lowest BCUT2D eigenvalue weighted by molar-refractivity contribution is 0.0513. The molecule has 6 heteroatoms. The van der Waals surface area contributed by atoms with Crippen LogP contribution in [0.3, 0.4) is 0 Å². The number of hydrogen-bond donors (Lipinski definition) is 2. The van der Waals surface area contributed by atoms with Crippen LogP contribution in [-0.4, -0.2) is 43.9 Å². The predicted molar refractivity (Wildman–Crippen MR) is 102 cm³/mol. The number of benzene rings is 1. The quantitative estimate of drug-likeness (QED) is 0.616. The molecule has 1 aliphatic heterocycles. The summed E-state index contributed by atoms with van der Waals surface area (Å²) in [4.78, 5) is 4.32. The van der Waals surface area contributed by atoms with Crippen molar-refractivity contribution in [2.24, 2.45) is 4.99 Å². The van der Waals surface area contributed by atoms with Gasteiger partial charge in [-0.1, -0.05) is 12.1 Å². The SMILES string of the molecule is CN=C(NCCn1cccc1)NCC1(c2ccc(F)cc2)CCOCC1. The first kappa shape index (κ1) is 18.5. The third kappa shape index (κ3) is 4.64. The molecule has 2 heterocycles. The van der Waals surface area contributed by atoms with Gasteiger partial charge >= 0.3 is 0 Å². The van der Waals surface area contributed by atoms with Crippen LogP contribution in [-0.2, 0) is 16.7 Å². The molecule has 1 aliphatic rings. The molecule has 0 saturated carbocycles. The number of aromatic nitrogens is 1. The summed E-state index contributed by atoms with van der Waals surface area (Å²) in [5.41, 5.74) is 1.08. The summed E-state index contributed by atoms with van der Waals surface area (Å²) in [6.07, 6.45) is 5.91. The highest BCUT2D eigenvalue weighted by molar-refractivity contribution is 5.79. The summed E-state index contributed by atoms with van der Waals surface area (Å²) >= 11 is 0. The largest absolute Gasteiger partial charge is 0.381 e. The Bertz CT molecular complexity index is 691. The predicted octanol–water partition coefficient (Wildman–Crippen LogP) is 2.54. The molecular weight excluding hydrogens is 331 g/mol. The number of nitrogens with zero attached hydrogens (tertiary/aromatic N) is 2. The molecule has 0 radical (unpaired) electrons. The van der Waals surface area contributed by atoms with E-state index in [1.165, 1.54) is 12.1 Å². The third-order valence-electron chi connectivity index (χ3n) is 5.05. The van der Waals surface area contributed by atoms with Gasteiger partial charge in [0.1, 0.15) is 5.82 Å². The monoisotopic (exact) mass is 358 g/mol. The lowest BCUT2D eigenvalue weighted by Crippen LogP contribution is -2.48. The number of rotatable bonds is 6. The molecule has 1 aromatic carbocycles. The molecule has 0 bridgehead atoms. The van der Waals surface area contributed by atoms with Gasteiger partial charge in [-0.25, -0.2) is 4.39 Å². The molecule has 0 amide bonds. The van der Waals surface area contributed by atoms with E-state index < -0.39 is 0 Å². The van der Waals surface area contributed by atoms with Crippen molar-refractivity contribution < 1.29 is 9.13 Å². The second-order valence-electron chi connectivity index (χ2n) is 6.67. The normalized spacial score (nSPS) is 17.1. The molecule has 1 fully saturated rings. The van der Waals surface area contributed by atoms with Crippen molar-refractivity contribution in [3.05, 3.63) is 60.2 Å². The average molecular weight is 358 g/mol. The van der Waals surface area contributed by atoms with E-state index in [1.54, 1.807) is 7.05 Å². The average Bonchev–Trinajstić information content (AvgIpc) is 3.19. The van der Waals surface area contributed by atoms with Gasteiger partial charge in [0.2, 0.25) is 0 Å². The van der Waals surface area contributed by atoms with Gasteiger partial charge in [0.25, 0.3) is 0 Å². The first-order chi connectivity index (χ1) is 12.7. The third-order valence-corrected chi connectivity index (χ3v) is 5.05. The fourth-order valence-electron chi connectivity index (χ4n) is 3.43. The Labute approximate surface area is 154 Å². The van der Waals surface area contributed by atoms with Crippen molar-refractivity contribution >= 4 is 5.96 Å². The molecule has 1 aromatic heterocycles. The van der Waals surface area contributed by atoms with Gasteiger partial charge in [0.05, 0.1) is 0 Å². The van der Waals surface area contributed by atoms with Crippen LogP contribution >= 0.6 is 0 Å². The number of aliphatic imine (C=N–C) groups is 1. The van der Waals surface area contributed by atoms with E-state index in [4.69, 9.17) is 4.74 Å². The Morgan fingerprint density at radius 1 is 1.15 bits per heavy atom. The zero-order valence-corrected chi connectivity index (χ0v) is 15.2. The van der Waals surface area contributed by atoms with E-state index in [9.17, 15) is 4.39 Å². The number of nitrogens with one attached hydrogen (secondary N) is 2. The lowest BCUT2D eigenvalue weighted by atomic mass is 9.74. The van der Waals surface area contributed by atoms with Crippen LogP contribution < -0.4 is 10.6 Å². The minimum atomic E-state index is -0.202. The van der Waals surface area contributed by atoms with Crippen LogP contribution in [0.25, 0.3) is 0 Å². The van der Waals surface area contributed by atoms with Crippen molar-refractivity contribution in [2.45, 2.75) is 24.8 Å². The number of ether oxygens (including phenoxy) is 1. The molecule has 2 aromatic rings. The van der Waals surface area contributed by atoms with Gasteiger partial charge in [-0.3, -0.25) is 4.99 Å². The zero-order valence-electron chi connectivity index (χ0n) is 15.2. The summed E-state index contributed by atoms with van der Waals surface area (Å²) in [6.45, 7) is 3.86. The molecular formula is C20H27FN4O. The van der Waals surface area contributed by atoms with Crippen LogP contribution in [0.1, 0.15) is 18.4 Å². The van der Waals surface area contributed by atoms with Crippen LogP contribution in [0, 0.1) is 5.82 Å². The molecule has 3 rings (SSSR count). The maximum Gasteiger partial charge on any atom is 0.191 e. The minimum Gasteiger partial charge on any atom is -0.381 e. The summed E-state index contributed by atoms with van der Waals surface area (Å²) < 4.78 is 21.0. The Morgan fingerprint density at radius 3 is 2.50 bits per heavy atom. The maximum absolute atomic E-state index is 13.3. The van der Waals surface area contributed by atoms with Crippen molar-refractivity contribution in [1.29, 1.82) is 0 Å². The second-order valence-corrected chi connectivity index (χ2v) is 6.67. The number of halogens is 1. The van der Waals surface area contributed by atoms with Crippen molar-refractivity contribution in [2.75, 3.05) is 33.4 Å². The molecule has 0 aliphatic carbocycles. The summed E-state index contributed by atoms with van der Waals surface area (Å²) in [7, 11) is 1.78. The Hall–Kier alpha value is -2.34. The number of hydrogen-bond acceptors (Lipinski definition) is 2. The van der Waals surface area contributed by atoms with E-state index in [2.05, 4.69) is 20.2 Å². The topological polar surface area (TPSA) is 50.6 Å². The van der Waals surface area contributed by atoms with Gasteiger partial charge in [-0.2, -0.15) is 0 Å². The van der Waals surface area contributed by atoms with Crippen LogP contribution in [0.15, 0.2) is 53.8 Å². The molecule has 26 heavy (non-hydrogen) atoms. The molecule has 2 N–H and O–H groups in total. The molecule has 5 nitrogen and oxygen atoms in total. The minimum absolute atomic E-state index is 0.0655. The maximum atomic E-state index is 13.3. The highest BCUT2D eigenvalue weighted by Crippen LogP contribution is 2.34. The van der Waals surface area contributed by atoms with Gasteiger partial charge in [0, 0.05) is 57.7 Å². The molecule has 0 spiro atoms. The fraction of sp³-hybridized carbons (Fsp3) is 0.450.